The number of amides is 1. The number of benzene rings is 1. The Morgan fingerprint density at radius 1 is 1.12 bits per heavy atom. The Labute approximate surface area is 155 Å². The molecule has 0 fully saturated rings. The number of carbonyl (C=O) groups is 1. The monoisotopic (exact) mass is 375 g/mol. The number of sulfonamides is 1. The van der Waals surface area contributed by atoms with E-state index in [-0.39, 0.29) is 18.9 Å². The van der Waals surface area contributed by atoms with Gasteiger partial charge in [0.05, 0.1) is 11.9 Å². The average Bonchev–Trinajstić information content (AvgIpc) is 2.55. The lowest BCUT2D eigenvalue weighted by Crippen LogP contribution is -2.35. The van der Waals surface area contributed by atoms with Crippen LogP contribution in [0.3, 0.4) is 0 Å². The Morgan fingerprint density at radius 2 is 1.69 bits per heavy atom. The zero-order valence-corrected chi connectivity index (χ0v) is 16.4. The minimum Gasteiger partial charge on any atom is -0.352 e. The van der Waals surface area contributed by atoms with Crippen molar-refractivity contribution < 1.29 is 13.2 Å². The van der Waals surface area contributed by atoms with Gasteiger partial charge in [-0.2, -0.15) is 0 Å². The summed E-state index contributed by atoms with van der Waals surface area (Å²) in [4.78, 5) is 16.1. The topological polar surface area (TPSA) is 79.4 Å². The first kappa shape index (κ1) is 19.9. The van der Waals surface area contributed by atoms with E-state index < -0.39 is 10.0 Å². The molecule has 0 bridgehead atoms. The molecule has 6 nitrogen and oxygen atoms in total. The van der Waals surface area contributed by atoms with Crippen LogP contribution >= 0.6 is 0 Å². The SMILES string of the molecule is Cc1cc(C)c(N(CCC(=O)NCc2ccncc2)S(C)(=O)=O)c(C)c1. The third-order valence-corrected chi connectivity index (χ3v) is 5.23. The highest BCUT2D eigenvalue weighted by Gasteiger charge is 2.22. The number of aryl methyl sites for hydroxylation is 3. The second-order valence-corrected chi connectivity index (χ2v) is 8.37. The fourth-order valence-corrected chi connectivity index (χ4v) is 4.04. The number of hydrogen-bond donors (Lipinski definition) is 1. The molecule has 0 unspecified atom stereocenters. The first-order valence-electron chi connectivity index (χ1n) is 8.39. The van der Waals surface area contributed by atoms with Crippen molar-refractivity contribution >= 4 is 21.6 Å². The molecule has 0 aliphatic heterocycles. The van der Waals surface area contributed by atoms with E-state index in [4.69, 9.17) is 0 Å². The van der Waals surface area contributed by atoms with E-state index in [1.165, 1.54) is 10.6 Å². The highest BCUT2D eigenvalue weighted by atomic mass is 32.2. The molecule has 1 N–H and O–H groups in total. The Bertz CT molecular complexity index is 857. The summed E-state index contributed by atoms with van der Waals surface area (Å²) < 4.78 is 25.9. The van der Waals surface area contributed by atoms with Crippen LogP contribution in [0.1, 0.15) is 28.7 Å². The average molecular weight is 375 g/mol. The first-order chi connectivity index (χ1) is 12.2. The molecule has 140 valence electrons. The molecule has 0 saturated carbocycles. The van der Waals surface area contributed by atoms with Crippen molar-refractivity contribution in [1.29, 1.82) is 0 Å². The molecule has 7 heteroatoms. The van der Waals surface area contributed by atoms with Gasteiger partial charge in [0.1, 0.15) is 0 Å². The molecule has 0 aliphatic carbocycles. The maximum Gasteiger partial charge on any atom is 0.232 e. The number of carbonyl (C=O) groups excluding carboxylic acids is 1. The van der Waals surface area contributed by atoms with Gasteiger partial charge in [0.25, 0.3) is 0 Å². The molecule has 2 rings (SSSR count). The predicted octanol–water partition coefficient (Wildman–Crippen LogP) is 2.48. The van der Waals surface area contributed by atoms with Gasteiger partial charge in [-0.25, -0.2) is 8.42 Å². The predicted molar refractivity (Wildman–Crippen MR) is 104 cm³/mol. The number of nitrogens with one attached hydrogen (secondary N) is 1. The smallest absolute Gasteiger partial charge is 0.232 e. The lowest BCUT2D eigenvalue weighted by Gasteiger charge is -2.26. The van der Waals surface area contributed by atoms with Crippen molar-refractivity contribution in [3.63, 3.8) is 0 Å². The number of rotatable bonds is 7. The fourth-order valence-electron chi connectivity index (χ4n) is 3.00. The Balaban J connectivity index is 2.09. The Kier molecular flexibility index (Phi) is 6.37. The lowest BCUT2D eigenvalue weighted by molar-refractivity contribution is -0.121. The van der Waals surface area contributed by atoms with Crippen molar-refractivity contribution in [3.8, 4) is 0 Å². The minimum atomic E-state index is -3.49. The van der Waals surface area contributed by atoms with Crippen LogP contribution in [-0.4, -0.2) is 32.1 Å². The summed E-state index contributed by atoms with van der Waals surface area (Å²) in [6, 6.07) is 7.54. The van der Waals surface area contributed by atoms with E-state index in [0.717, 1.165) is 22.3 Å². The normalized spacial score (nSPS) is 11.2. The highest BCUT2D eigenvalue weighted by Crippen LogP contribution is 2.28. The van der Waals surface area contributed by atoms with Gasteiger partial charge in [0, 0.05) is 31.9 Å². The van der Waals surface area contributed by atoms with Crippen molar-refractivity contribution in [2.45, 2.75) is 33.7 Å². The van der Waals surface area contributed by atoms with Gasteiger partial charge >= 0.3 is 0 Å². The van der Waals surface area contributed by atoms with Gasteiger partial charge < -0.3 is 5.32 Å². The van der Waals surface area contributed by atoms with Crippen molar-refractivity contribution in [2.24, 2.45) is 0 Å². The molecule has 1 aromatic carbocycles. The molecule has 0 spiro atoms. The van der Waals surface area contributed by atoms with E-state index in [9.17, 15) is 13.2 Å². The van der Waals surface area contributed by atoms with Crippen molar-refractivity contribution in [1.82, 2.24) is 10.3 Å². The number of aromatic nitrogens is 1. The summed E-state index contributed by atoms with van der Waals surface area (Å²) in [5, 5.41) is 2.81. The van der Waals surface area contributed by atoms with Crippen LogP contribution < -0.4 is 9.62 Å². The van der Waals surface area contributed by atoms with Gasteiger partial charge in [-0.05, 0) is 49.6 Å². The van der Waals surface area contributed by atoms with Gasteiger partial charge in [0.15, 0.2) is 0 Å². The van der Waals surface area contributed by atoms with Crippen LogP contribution in [-0.2, 0) is 21.4 Å². The quantitative estimate of drug-likeness (QED) is 0.806. The number of pyridine rings is 1. The Hall–Kier alpha value is -2.41. The largest absolute Gasteiger partial charge is 0.352 e. The van der Waals surface area contributed by atoms with Crippen LogP contribution in [0.25, 0.3) is 0 Å². The minimum absolute atomic E-state index is 0.0882. The standard InChI is InChI=1S/C19H25N3O3S/c1-14-11-15(2)19(16(3)12-14)22(26(4,24)25)10-7-18(23)21-13-17-5-8-20-9-6-17/h5-6,8-9,11-12H,7,10,13H2,1-4H3,(H,21,23). The molecule has 0 radical (unpaired) electrons. The third-order valence-electron chi connectivity index (χ3n) is 4.07. The summed E-state index contributed by atoms with van der Waals surface area (Å²) in [7, 11) is -3.49. The summed E-state index contributed by atoms with van der Waals surface area (Å²) in [6.07, 6.45) is 4.58. The summed E-state index contributed by atoms with van der Waals surface area (Å²) in [6.45, 7) is 6.24. The first-order valence-corrected chi connectivity index (χ1v) is 10.2. The Morgan fingerprint density at radius 3 is 2.23 bits per heavy atom. The van der Waals surface area contributed by atoms with E-state index in [2.05, 4.69) is 10.3 Å². The van der Waals surface area contributed by atoms with E-state index in [1.807, 2.05) is 45.0 Å². The summed E-state index contributed by atoms with van der Waals surface area (Å²) in [5.74, 6) is -0.196. The fraction of sp³-hybridized carbons (Fsp3) is 0.368. The van der Waals surface area contributed by atoms with Crippen LogP contribution in [0.15, 0.2) is 36.7 Å². The van der Waals surface area contributed by atoms with Gasteiger partial charge in [-0.1, -0.05) is 17.7 Å². The second kappa shape index (κ2) is 8.31. The lowest BCUT2D eigenvalue weighted by atomic mass is 10.1. The van der Waals surface area contributed by atoms with Crippen LogP contribution in [0.5, 0.6) is 0 Å². The van der Waals surface area contributed by atoms with Gasteiger partial charge in [-0.3, -0.25) is 14.1 Å². The number of anilines is 1. The van der Waals surface area contributed by atoms with E-state index in [0.29, 0.717) is 12.2 Å². The maximum atomic E-state index is 12.3. The summed E-state index contributed by atoms with van der Waals surface area (Å²) >= 11 is 0. The number of hydrogen-bond acceptors (Lipinski definition) is 4. The molecule has 2 aromatic rings. The second-order valence-electron chi connectivity index (χ2n) is 6.46. The molecular formula is C19H25N3O3S. The highest BCUT2D eigenvalue weighted by molar-refractivity contribution is 7.92. The zero-order chi connectivity index (χ0) is 19.3. The number of nitrogens with zero attached hydrogens (tertiary/aromatic N) is 2. The van der Waals surface area contributed by atoms with Crippen molar-refractivity contribution in [2.75, 3.05) is 17.1 Å². The van der Waals surface area contributed by atoms with Crippen molar-refractivity contribution in [3.05, 3.63) is 58.9 Å². The molecular weight excluding hydrogens is 350 g/mol. The zero-order valence-electron chi connectivity index (χ0n) is 15.6. The molecule has 26 heavy (non-hydrogen) atoms. The molecule has 1 heterocycles. The maximum absolute atomic E-state index is 12.3. The molecule has 0 atom stereocenters. The molecule has 1 aromatic heterocycles. The van der Waals surface area contributed by atoms with Crippen LogP contribution in [0.4, 0.5) is 5.69 Å². The molecule has 0 saturated heterocycles. The summed E-state index contributed by atoms with van der Waals surface area (Å²) in [5.41, 5.74) is 4.43. The van der Waals surface area contributed by atoms with Crippen LogP contribution in [0.2, 0.25) is 0 Å². The third kappa shape index (κ3) is 5.29. The van der Waals surface area contributed by atoms with E-state index >= 15 is 0 Å². The molecule has 0 aliphatic rings. The van der Waals surface area contributed by atoms with Gasteiger partial charge in [-0.15, -0.1) is 0 Å². The van der Waals surface area contributed by atoms with E-state index in [1.54, 1.807) is 12.4 Å². The van der Waals surface area contributed by atoms with Crippen LogP contribution in [0, 0.1) is 20.8 Å². The molecule has 1 amide bonds. The van der Waals surface area contributed by atoms with Gasteiger partial charge in [0.2, 0.25) is 15.9 Å².